The van der Waals surface area contributed by atoms with E-state index in [2.05, 4.69) is 15.3 Å². The highest BCUT2D eigenvalue weighted by atomic mass is 35.5. The van der Waals surface area contributed by atoms with Crippen LogP contribution in [-0.2, 0) is 0 Å². The Hall–Kier alpha value is -3.44. The van der Waals surface area contributed by atoms with E-state index in [1.54, 1.807) is 12.1 Å². The lowest BCUT2D eigenvalue weighted by Crippen LogP contribution is -2.13. The summed E-state index contributed by atoms with van der Waals surface area (Å²) < 4.78 is 0. The minimum atomic E-state index is -0.162. The van der Waals surface area contributed by atoms with E-state index >= 15 is 0 Å². The van der Waals surface area contributed by atoms with E-state index in [4.69, 9.17) is 17.3 Å². The molecule has 0 unspecified atom stereocenters. The summed E-state index contributed by atoms with van der Waals surface area (Å²) in [7, 11) is 0. The van der Waals surface area contributed by atoms with Crippen molar-refractivity contribution in [3.63, 3.8) is 0 Å². The van der Waals surface area contributed by atoms with E-state index in [1.165, 1.54) is 0 Å². The van der Waals surface area contributed by atoms with E-state index in [0.29, 0.717) is 27.5 Å². The first kappa shape index (κ1) is 17.9. The number of nitrogens with zero attached hydrogens (tertiary/aromatic N) is 2. The molecule has 5 nitrogen and oxygen atoms in total. The smallest absolute Gasteiger partial charge is 0.255 e. The molecular weight excluding hydrogens is 372 g/mol. The van der Waals surface area contributed by atoms with Gasteiger partial charge in [-0.3, -0.25) is 4.79 Å². The Morgan fingerprint density at radius 2 is 1.82 bits per heavy atom. The third-order valence-electron chi connectivity index (χ3n) is 4.46. The number of aromatic nitrogens is 2. The summed E-state index contributed by atoms with van der Waals surface area (Å²) in [4.78, 5) is 21.3. The number of nitrogens with two attached hydrogens (primary N) is 1. The van der Waals surface area contributed by atoms with Crippen LogP contribution in [0.15, 0.2) is 66.7 Å². The highest BCUT2D eigenvalue weighted by Gasteiger charge is 2.12. The molecule has 1 aromatic heterocycles. The van der Waals surface area contributed by atoms with E-state index in [9.17, 15) is 4.79 Å². The largest absolute Gasteiger partial charge is 0.368 e. The molecule has 1 heterocycles. The van der Waals surface area contributed by atoms with Crippen molar-refractivity contribution < 1.29 is 4.79 Å². The zero-order valence-corrected chi connectivity index (χ0v) is 15.9. The first-order chi connectivity index (χ1) is 13.5. The molecule has 0 bridgehead atoms. The Kier molecular flexibility index (Phi) is 4.67. The molecule has 1 amide bonds. The minimum Gasteiger partial charge on any atom is -0.368 e. The van der Waals surface area contributed by atoms with Crippen LogP contribution in [0.5, 0.6) is 0 Å². The summed E-state index contributed by atoms with van der Waals surface area (Å²) in [5.74, 6) is 0.0181. The standard InChI is InChI=1S/C22H17ClN4O/c1-13-5-2-3-8-17(13)21(28)25-16-7-4-6-14(11-16)20-18-12-15(23)9-10-19(18)26-22(24)27-20/h2-12H,1H3,(H,25,28)(H2,24,26,27). The molecule has 0 aliphatic heterocycles. The third-order valence-corrected chi connectivity index (χ3v) is 4.69. The number of nitrogens with one attached hydrogen (secondary N) is 1. The molecule has 0 spiro atoms. The fourth-order valence-corrected chi connectivity index (χ4v) is 3.28. The summed E-state index contributed by atoms with van der Waals surface area (Å²) in [6, 6.07) is 20.3. The Bertz CT molecular complexity index is 1210. The Balaban J connectivity index is 1.74. The van der Waals surface area contributed by atoms with E-state index in [1.807, 2.05) is 61.5 Å². The van der Waals surface area contributed by atoms with Crippen molar-refractivity contribution in [2.45, 2.75) is 6.92 Å². The van der Waals surface area contributed by atoms with Crippen LogP contribution in [0.1, 0.15) is 15.9 Å². The van der Waals surface area contributed by atoms with E-state index in [0.717, 1.165) is 16.5 Å². The molecule has 138 valence electrons. The molecule has 6 heteroatoms. The highest BCUT2D eigenvalue weighted by molar-refractivity contribution is 6.31. The molecule has 28 heavy (non-hydrogen) atoms. The fourth-order valence-electron chi connectivity index (χ4n) is 3.11. The van der Waals surface area contributed by atoms with Crippen LogP contribution < -0.4 is 11.1 Å². The number of hydrogen-bond donors (Lipinski definition) is 2. The SMILES string of the molecule is Cc1ccccc1C(=O)Nc1cccc(-c2nc(N)nc3ccc(Cl)cc23)c1. The van der Waals surface area contributed by atoms with Gasteiger partial charge in [0, 0.05) is 27.2 Å². The van der Waals surface area contributed by atoms with Crippen LogP contribution in [0, 0.1) is 6.92 Å². The number of fused-ring (bicyclic) bond motifs is 1. The van der Waals surface area contributed by atoms with Crippen LogP contribution >= 0.6 is 11.6 Å². The Morgan fingerprint density at radius 1 is 1.00 bits per heavy atom. The Morgan fingerprint density at radius 3 is 2.64 bits per heavy atom. The number of carbonyl (C=O) groups is 1. The second kappa shape index (κ2) is 7.29. The van der Waals surface area contributed by atoms with Gasteiger partial charge in [0.1, 0.15) is 0 Å². The molecule has 0 aliphatic carbocycles. The number of carbonyl (C=O) groups excluding carboxylic acids is 1. The minimum absolute atomic E-state index is 0.162. The number of nitrogen functional groups attached to an aromatic ring is 1. The van der Waals surface area contributed by atoms with Gasteiger partial charge in [0.05, 0.1) is 11.2 Å². The average molecular weight is 389 g/mol. The molecule has 0 atom stereocenters. The topological polar surface area (TPSA) is 80.9 Å². The van der Waals surface area contributed by atoms with Crippen LogP contribution in [0.2, 0.25) is 5.02 Å². The second-order valence-corrected chi connectivity index (χ2v) is 6.88. The van der Waals surface area contributed by atoms with Crippen molar-refractivity contribution in [2.24, 2.45) is 0 Å². The summed E-state index contributed by atoms with van der Waals surface area (Å²) in [5.41, 5.74) is 10.3. The summed E-state index contributed by atoms with van der Waals surface area (Å²) >= 11 is 6.16. The van der Waals surface area contributed by atoms with Gasteiger partial charge in [0.2, 0.25) is 5.95 Å². The number of amides is 1. The van der Waals surface area contributed by atoms with Crippen LogP contribution in [-0.4, -0.2) is 15.9 Å². The summed E-state index contributed by atoms with van der Waals surface area (Å²) in [6.45, 7) is 1.91. The zero-order valence-electron chi connectivity index (χ0n) is 15.1. The van der Waals surface area contributed by atoms with Crippen molar-refractivity contribution in [1.29, 1.82) is 0 Å². The quantitative estimate of drug-likeness (QED) is 0.512. The van der Waals surface area contributed by atoms with Gasteiger partial charge in [0.25, 0.3) is 5.91 Å². The average Bonchev–Trinajstić information content (AvgIpc) is 2.68. The monoisotopic (exact) mass is 388 g/mol. The van der Waals surface area contributed by atoms with Crippen molar-refractivity contribution in [2.75, 3.05) is 11.1 Å². The van der Waals surface area contributed by atoms with Gasteiger partial charge in [-0.15, -0.1) is 0 Å². The fraction of sp³-hybridized carbons (Fsp3) is 0.0455. The van der Waals surface area contributed by atoms with Gasteiger partial charge >= 0.3 is 0 Å². The molecule has 0 saturated carbocycles. The number of rotatable bonds is 3. The summed E-state index contributed by atoms with van der Waals surface area (Å²) in [5, 5.41) is 4.33. The highest BCUT2D eigenvalue weighted by Crippen LogP contribution is 2.30. The first-order valence-corrected chi connectivity index (χ1v) is 9.09. The van der Waals surface area contributed by atoms with Gasteiger partial charge in [-0.1, -0.05) is 41.9 Å². The van der Waals surface area contributed by atoms with Gasteiger partial charge in [-0.25, -0.2) is 9.97 Å². The molecular formula is C22H17ClN4O. The lowest BCUT2D eigenvalue weighted by molar-refractivity contribution is 0.102. The molecule has 4 aromatic rings. The van der Waals surface area contributed by atoms with Crippen molar-refractivity contribution >= 4 is 40.0 Å². The van der Waals surface area contributed by atoms with Gasteiger partial charge in [0.15, 0.2) is 0 Å². The zero-order chi connectivity index (χ0) is 19.7. The molecule has 0 radical (unpaired) electrons. The first-order valence-electron chi connectivity index (χ1n) is 8.71. The normalized spacial score (nSPS) is 10.8. The van der Waals surface area contributed by atoms with E-state index in [-0.39, 0.29) is 11.9 Å². The number of anilines is 2. The van der Waals surface area contributed by atoms with Crippen molar-refractivity contribution in [3.05, 3.63) is 82.9 Å². The molecule has 4 rings (SSSR count). The molecule has 0 saturated heterocycles. The number of aryl methyl sites for hydroxylation is 1. The third kappa shape index (κ3) is 3.52. The predicted molar refractivity (Wildman–Crippen MR) is 114 cm³/mol. The maximum atomic E-state index is 12.6. The number of benzene rings is 3. The maximum absolute atomic E-state index is 12.6. The lowest BCUT2D eigenvalue weighted by atomic mass is 10.1. The lowest BCUT2D eigenvalue weighted by Gasteiger charge is -2.11. The number of halogens is 1. The molecule has 0 fully saturated rings. The Labute approximate surface area is 167 Å². The summed E-state index contributed by atoms with van der Waals surface area (Å²) in [6.07, 6.45) is 0. The van der Waals surface area contributed by atoms with E-state index < -0.39 is 0 Å². The van der Waals surface area contributed by atoms with Gasteiger partial charge in [-0.05, 0) is 48.9 Å². The molecule has 0 aliphatic rings. The van der Waals surface area contributed by atoms with Crippen LogP contribution in [0.3, 0.4) is 0 Å². The second-order valence-electron chi connectivity index (χ2n) is 6.44. The van der Waals surface area contributed by atoms with Crippen LogP contribution in [0.25, 0.3) is 22.2 Å². The number of hydrogen-bond acceptors (Lipinski definition) is 4. The molecule has 3 aromatic carbocycles. The predicted octanol–water partition coefficient (Wildman–Crippen LogP) is 5.09. The maximum Gasteiger partial charge on any atom is 0.255 e. The van der Waals surface area contributed by atoms with Crippen LogP contribution in [0.4, 0.5) is 11.6 Å². The van der Waals surface area contributed by atoms with Crippen molar-refractivity contribution in [1.82, 2.24) is 9.97 Å². The van der Waals surface area contributed by atoms with Gasteiger partial charge in [-0.2, -0.15) is 0 Å². The van der Waals surface area contributed by atoms with Crippen molar-refractivity contribution in [3.8, 4) is 11.3 Å². The molecule has 3 N–H and O–H groups in total. The van der Waals surface area contributed by atoms with Gasteiger partial charge < -0.3 is 11.1 Å².